The van der Waals surface area contributed by atoms with Gasteiger partial charge < -0.3 is 9.15 Å². The van der Waals surface area contributed by atoms with Crippen molar-refractivity contribution in [3.63, 3.8) is 0 Å². The van der Waals surface area contributed by atoms with Crippen LogP contribution in [0.25, 0.3) is 6.08 Å². The first-order chi connectivity index (χ1) is 7.93. The Kier molecular flexibility index (Phi) is 2.86. The standard InChI is InChI=1S/C14H18O3/c1-5-9(2)11-8-12-10(13(15)16-11)6-7-14(3,4)17-12/h6-9H,5H2,1-4H3. The number of ether oxygens (including phenoxy) is 1. The highest BCUT2D eigenvalue weighted by Crippen LogP contribution is 2.31. The molecule has 0 amide bonds. The van der Waals surface area contributed by atoms with Gasteiger partial charge >= 0.3 is 5.63 Å². The van der Waals surface area contributed by atoms with Gasteiger partial charge in [-0.3, -0.25) is 0 Å². The third-order valence-electron chi connectivity index (χ3n) is 3.09. The van der Waals surface area contributed by atoms with Gasteiger partial charge in [0, 0.05) is 12.0 Å². The maximum Gasteiger partial charge on any atom is 0.347 e. The Bertz CT molecular complexity index is 509. The normalized spacial score (nSPS) is 18.4. The van der Waals surface area contributed by atoms with E-state index in [4.69, 9.17) is 9.15 Å². The zero-order valence-electron chi connectivity index (χ0n) is 10.7. The van der Waals surface area contributed by atoms with Crippen LogP contribution in [0.3, 0.4) is 0 Å². The van der Waals surface area contributed by atoms with Gasteiger partial charge in [-0.15, -0.1) is 0 Å². The fourth-order valence-corrected chi connectivity index (χ4v) is 1.78. The predicted molar refractivity (Wildman–Crippen MR) is 67.4 cm³/mol. The van der Waals surface area contributed by atoms with Crippen LogP contribution in [0.4, 0.5) is 0 Å². The summed E-state index contributed by atoms with van der Waals surface area (Å²) in [7, 11) is 0. The Morgan fingerprint density at radius 3 is 2.76 bits per heavy atom. The van der Waals surface area contributed by atoms with Gasteiger partial charge in [0.15, 0.2) is 0 Å². The van der Waals surface area contributed by atoms with Gasteiger partial charge in [0.25, 0.3) is 0 Å². The Morgan fingerprint density at radius 2 is 2.12 bits per heavy atom. The van der Waals surface area contributed by atoms with Crippen LogP contribution >= 0.6 is 0 Å². The predicted octanol–water partition coefficient (Wildman–Crippen LogP) is 3.34. The molecule has 0 aliphatic carbocycles. The van der Waals surface area contributed by atoms with Crippen molar-refractivity contribution in [3.05, 3.63) is 33.9 Å². The lowest BCUT2D eigenvalue weighted by atomic mass is 10.0. The lowest BCUT2D eigenvalue weighted by molar-refractivity contribution is 0.156. The van der Waals surface area contributed by atoms with Crippen LogP contribution < -0.4 is 10.4 Å². The molecule has 1 aliphatic heterocycles. The van der Waals surface area contributed by atoms with Gasteiger partial charge in [-0.2, -0.15) is 0 Å². The van der Waals surface area contributed by atoms with Crippen molar-refractivity contribution in [1.29, 1.82) is 0 Å². The summed E-state index contributed by atoms with van der Waals surface area (Å²) in [4.78, 5) is 11.8. The Balaban J connectivity index is 2.51. The summed E-state index contributed by atoms with van der Waals surface area (Å²) in [5.74, 6) is 1.55. The van der Waals surface area contributed by atoms with E-state index in [9.17, 15) is 4.79 Å². The largest absolute Gasteiger partial charge is 0.483 e. The van der Waals surface area contributed by atoms with Gasteiger partial charge in [-0.1, -0.05) is 13.8 Å². The zero-order chi connectivity index (χ0) is 12.6. The number of rotatable bonds is 2. The monoisotopic (exact) mass is 234 g/mol. The van der Waals surface area contributed by atoms with E-state index in [1.165, 1.54) is 0 Å². The fraction of sp³-hybridized carbons (Fsp3) is 0.500. The summed E-state index contributed by atoms with van der Waals surface area (Å²) in [5, 5.41) is 0. The molecule has 1 atom stereocenters. The summed E-state index contributed by atoms with van der Waals surface area (Å²) in [6, 6.07) is 1.84. The topological polar surface area (TPSA) is 39.4 Å². The molecule has 1 aromatic heterocycles. The van der Waals surface area contributed by atoms with Crippen LogP contribution in [0.1, 0.15) is 51.4 Å². The second kappa shape index (κ2) is 4.06. The molecule has 17 heavy (non-hydrogen) atoms. The first-order valence-electron chi connectivity index (χ1n) is 5.99. The van der Waals surface area contributed by atoms with E-state index in [2.05, 4.69) is 6.92 Å². The van der Waals surface area contributed by atoms with E-state index in [-0.39, 0.29) is 17.1 Å². The average Bonchev–Trinajstić information content (AvgIpc) is 2.25. The molecular formula is C14H18O3. The molecule has 3 heteroatoms. The highest BCUT2D eigenvalue weighted by atomic mass is 16.5. The second-order valence-corrected chi connectivity index (χ2v) is 5.06. The molecule has 0 saturated carbocycles. The van der Waals surface area contributed by atoms with E-state index >= 15 is 0 Å². The third-order valence-corrected chi connectivity index (χ3v) is 3.09. The van der Waals surface area contributed by atoms with Gasteiger partial charge in [0.05, 0.1) is 0 Å². The van der Waals surface area contributed by atoms with E-state index in [0.717, 1.165) is 6.42 Å². The lowest BCUT2D eigenvalue weighted by Gasteiger charge is -2.27. The van der Waals surface area contributed by atoms with Crippen LogP contribution in [0.2, 0.25) is 0 Å². The average molecular weight is 234 g/mol. The maximum atomic E-state index is 11.8. The quantitative estimate of drug-likeness (QED) is 0.787. The Labute approximate surface area is 101 Å². The summed E-state index contributed by atoms with van der Waals surface area (Å²) < 4.78 is 11.1. The van der Waals surface area contributed by atoms with Crippen LogP contribution in [0, 0.1) is 0 Å². The van der Waals surface area contributed by atoms with Gasteiger partial charge in [0.2, 0.25) is 0 Å². The third kappa shape index (κ3) is 2.28. The molecule has 0 saturated heterocycles. The van der Waals surface area contributed by atoms with Gasteiger partial charge in [-0.05, 0) is 32.4 Å². The molecule has 2 heterocycles. The van der Waals surface area contributed by atoms with Crippen molar-refractivity contribution in [1.82, 2.24) is 0 Å². The van der Waals surface area contributed by atoms with Crippen molar-refractivity contribution in [2.45, 2.75) is 45.6 Å². The first-order valence-corrected chi connectivity index (χ1v) is 5.99. The minimum Gasteiger partial charge on any atom is -0.483 e. The Hall–Kier alpha value is -1.51. The first kappa shape index (κ1) is 12.0. The van der Waals surface area contributed by atoms with E-state index in [1.54, 1.807) is 6.08 Å². The molecule has 3 nitrogen and oxygen atoms in total. The van der Waals surface area contributed by atoms with Crippen molar-refractivity contribution in [2.75, 3.05) is 0 Å². The minimum atomic E-state index is -0.368. The van der Waals surface area contributed by atoms with Crippen molar-refractivity contribution in [3.8, 4) is 5.75 Å². The van der Waals surface area contributed by atoms with Crippen molar-refractivity contribution < 1.29 is 9.15 Å². The fourth-order valence-electron chi connectivity index (χ4n) is 1.78. The summed E-state index contributed by atoms with van der Waals surface area (Å²) in [6.45, 7) is 8.03. The van der Waals surface area contributed by atoms with E-state index in [0.29, 0.717) is 17.1 Å². The molecule has 1 aromatic rings. The number of hydrogen-bond donors (Lipinski definition) is 0. The molecule has 0 spiro atoms. The van der Waals surface area contributed by atoms with Crippen LogP contribution in [-0.2, 0) is 0 Å². The molecule has 0 fully saturated rings. The highest BCUT2D eigenvalue weighted by molar-refractivity contribution is 5.59. The molecule has 2 rings (SSSR count). The second-order valence-electron chi connectivity index (χ2n) is 5.06. The lowest BCUT2D eigenvalue weighted by Crippen LogP contribution is -2.29. The SMILES string of the molecule is CCC(C)c1cc2c(c(=O)o1)C=CC(C)(C)O2. The number of fused-ring (bicyclic) bond motifs is 1. The van der Waals surface area contributed by atoms with Crippen LogP contribution in [0.15, 0.2) is 21.4 Å². The molecule has 0 N–H and O–H groups in total. The minimum absolute atomic E-state index is 0.227. The highest BCUT2D eigenvalue weighted by Gasteiger charge is 2.25. The van der Waals surface area contributed by atoms with E-state index in [1.807, 2.05) is 32.9 Å². The van der Waals surface area contributed by atoms with Crippen molar-refractivity contribution in [2.24, 2.45) is 0 Å². The Morgan fingerprint density at radius 1 is 1.41 bits per heavy atom. The maximum absolute atomic E-state index is 11.8. The van der Waals surface area contributed by atoms with Gasteiger partial charge in [0.1, 0.15) is 22.7 Å². The molecule has 0 aromatic carbocycles. The van der Waals surface area contributed by atoms with Crippen LogP contribution in [-0.4, -0.2) is 5.60 Å². The summed E-state index contributed by atoms with van der Waals surface area (Å²) >= 11 is 0. The smallest absolute Gasteiger partial charge is 0.347 e. The van der Waals surface area contributed by atoms with Crippen LogP contribution in [0.5, 0.6) is 5.75 Å². The number of hydrogen-bond acceptors (Lipinski definition) is 3. The molecular weight excluding hydrogens is 216 g/mol. The summed E-state index contributed by atoms with van der Waals surface area (Å²) in [6.07, 6.45) is 4.58. The summed E-state index contributed by atoms with van der Waals surface area (Å²) in [5.41, 5.74) is -0.172. The molecule has 1 unspecified atom stereocenters. The van der Waals surface area contributed by atoms with Gasteiger partial charge in [-0.25, -0.2) is 4.79 Å². The molecule has 1 aliphatic rings. The van der Waals surface area contributed by atoms with E-state index < -0.39 is 0 Å². The molecule has 0 radical (unpaired) electrons. The van der Waals surface area contributed by atoms with Crippen molar-refractivity contribution >= 4 is 6.08 Å². The molecule has 0 bridgehead atoms. The molecule has 92 valence electrons. The zero-order valence-corrected chi connectivity index (χ0v) is 10.7.